The molecule has 0 aliphatic heterocycles. The van der Waals surface area contributed by atoms with Gasteiger partial charge < -0.3 is 9.13 Å². The van der Waals surface area contributed by atoms with Gasteiger partial charge in [0.15, 0.2) is 0 Å². The van der Waals surface area contributed by atoms with Gasteiger partial charge in [-0.05, 0) is 94.1 Å². The topological polar surface area (TPSA) is 9.86 Å². The summed E-state index contributed by atoms with van der Waals surface area (Å²) in [5.41, 5.74) is 10.7. The quantitative estimate of drug-likeness (QED) is 0.173. The van der Waals surface area contributed by atoms with Crippen LogP contribution in [0, 0.1) is 0 Å². The second kappa shape index (κ2) is 10.1. The molecule has 0 unspecified atom stereocenters. The highest BCUT2D eigenvalue weighted by atomic mass is 32.1. The zero-order valence-corrected chi connectivity index (χ0v) is 30.2. The number of para-hydroxylation sites is 2. The van der Waals surface area contributed by atoms with E-state index in [9.17, 15) is 0 Å². The van der Waals surface area contributed by atoms with Crippen LogP contribution in [-0.4, -0.2) is 9.13 Å². The summed E-state index contributed by atoms with van der Waals surface area (Å²) in [6, 6.07) is 50.2. The van der Waals surface area contributed by atoms with E-state index in [1.807, 2.05) is 11.3 Å². The Bertz CT molecular complexity index is 3080. The van der Waals surface area contributed by atoms with E-state index in [1.54, 1.807) is 0 Å². The van der Waals surface area contributed by atoms with E-state index in [0.717, 1.165) is 0 Å². The molecule has 10 aromatic rings. The second-order valence-electron chi connectivity index (χ2n) is 15.9. The summed E-state index contributed by atoms with van der Waals surface area (Å²) < 4.78 is 7.85. The molecule has 246 valence electrons. The third-order valence-corrected chi connectivity index (χ3v) is 13.3. The number of nitrogens with zero attached hydrogens (tertiary/aromatic N) is 2. The summed E-state index contributed by atoms with van der Waals surface area (Å²) in [5.74, 6) is 0. The first kappa shape index (κ1) is 29.4. The molecule has 2 nitrogen and oxygen atoms in total. The monoisotopic (exact) mass is 674 g/mol. The summed E-state index contributed by atoms with van der Waals surface area (Å²) in [6.07, 6.45) is 2.36. The molecule has 3 aromatic heterocycles. The lowest BCUT2D eigenvalue weighted by Crippen LogP contribution is -2.33. The van der Waals surface area contributed by atoms with Crippen molar-refractivity contribution in [2.24, 2.45) is 0 Å². The SMILES string of the molecule is CC1(C)CCC(C)(C)c2cc3c(cc21)c1c2ccccc2c2c4ccccc4n(-c4ccccc4)c2c1n3-c1cccc2sc3ccccc3c12. The third-order valence-electron chi connectivity index (χ3n) is 12.1. The first-order valence-corrected chi connectivity index (χ1v) is 19.1. The summed E-state index contributed by atoms with van der Waals surface area (Å²) in [5, 5.41) is 10.6. The Hall–Kier alpha value is -5.38. The summed E-state index contributed by atoms with van der Waals surface area (Å²) >= 11 is 1.90. The van der Waals surface area contributed by atoms with Crippen LogP contribution in [0.1, 0.15) is 51.7 Å². The highest BCUT2D eigenvalue weighted by molar-refractivity contribution is 7.25. The number of rotatable bonds is 2. The van der Waals surface area contributed by atoms with Crippen LogP contribution in [-0.2, 0) is 10.8 Å². The van der Waals surface area contributed by atoms with Crippen LogP contribution < -0.4 is 0 Å². The van der Waals surface area contributed by atoms with E-state index in [-0.39, 0.29) is 10.8 Å². The highest BCUT2D eigenvalue weighted by Gasteiger charge is 2.38. The lowest BCUT2D eigenvalue weighted by Gasteiger charge is -2.42. The minimum Gasteiger partial charge on any atom is -0.307 e. The molecule has 0 radical (unpaired) electrons. The van der Waals surface area contributed by atoms with Gasteiger partial charge in [0.05, 0.1) is 27.8 Å². The predicted octanol–water partition coefficient (Wildman–Crippen LogP) is 13.8. The molecule has 0 fully saturated rings. The fourth-order valence-corrected chi connectivity index (χ4v) is 10.7. The Kier molecular flexibility index (Phi) is 5.82. The van der Waals surface area contributed by atoms with Crippen LogP contribution >= 0.6 is 11.3 Å². The zero-order valence-electron chi connectivity index (χ0n) is 29.4. The Morgan fingerprint density at radius 3 is 1.76 bits per heavy atom. The van der Waals surface area contributed by atoms with Crippen molar-refractivity contribution in [3.05, 3.63) is 145 Å². The first-order chi connectivity index (χ1) is 24.8. The van der Waals surface area contributed by atoms with Gasteiger partial charge in [-0.1, -0.05) is 113 Å². The number of hydrogen-bond donors (Lipinski definition) is 0. The van der Waals surface area contributed by atoms with Gasteiger partial charge >= 0.3 is 0 Å². The lowest BCUT2D eigenvalue weighted by molar-refractivity contribution is 0.332. The molecular weight excluding hydrogens is 637 g/mol. The molecule has 0 saturated heterocycles. The van der Waals surface area contributed by atoms with E-state index in [2.05, 4.69) is 170 Å². The molecule has 0 saturated carbocycles. The summed E-state index contributed by atoms with van der Waals surface area (Å²) in [6.45, 7) is 9.81. The molecule has 1 aliphatic carbocycles. The molecular formula is C48H38N2S. The van der Waals surface area contributed by atoms with E-state index >= 15 is 0 Å². The van der Waals surface area contributed by atoms with Gasteiger partial charge in [-0.15, -0.1) is 11.3 Å². The van der Waals surface area contributed by atoms with Crippen molar-refractivity contribution in [3.8, 4) is 11.4 Å². The Labute approximate surface area is 301 Å². The Morgan fingerprint density at radius 2 is 1.02 bits per heavy atom. The fraction of sp³-hybridized carbons (Fsp3) is 0.167. The summed E-state index contributed by atoms with van der Waals surface area (Å²) in [4.78, 5) is 0. The normalized spacial score (nSPS) is 15.6. The van der Waals surface area contributed by atoms with Crippen LogP contribution in [0.3, 0.4) is 0 Å². The smallest absolute Gasteiger partial charge is 0.0795 e. The average Bonchev–Trinajstić information content (AvgIpc) is 3.81. The molecule has 3 heterocycles. The fourth-order valence-electron chi connectivity index (χ4n) is 9.54. The number of hydrogen-bond acceptors (Lipinski definition) is 1. The maximum absolute atomic E-state index is 2.66. The van der Waals surface area contributed by atoms with Gasteiger partial charge in [-0.2, -0.15) is 0 Å². The minimum absolute atomic E-state index is 0.0811. The van der Waals surface area contributed by atoms with Crippen LogP contribution in [0.4, 0.5) is 0 Å². The van der Waals surface area contributed by atoms with Crippen molar-refractivity contribution in [1.82, 2.24) is 9.13 Å². The third kappa shape index (κ3) is 3.88. The number of thiophene rings is 1. The number of aromatic nitrogens is 2. The average molecular weight is 675 g/mol. The van der Waals surface area contributed by atoms with Gasteiger partial charge in [0, 0.05) is 47.4 Å². The largest absolute Gasteiger partial charge is 0.307 e. The van der Waals surface area contributed by atoms with Crippen LogP contribution in [0.15, 0.2) is 133 Å². The zero-order chi connectivity index (χ0) is 34.2. The van der Waals surface area contributed by atoms with Crippen molar-refractivity contribution < 1.29 is 0 Å². The standard InChI is InChI=1S/C48H38N2S/c1-47(2)25-26-48(3,4)36-28-39-34(27-35(36)47)43-31-18-9-8-17-30(31)42-32-19-10-12-21-37(32)49(29-15-6-5-7-16-29)45(42)46(43)50(39)38-22-14-24-41-44(38)33-20-11-13-23-40(33)51-41/h5-24,27-28H,25-26H2,1-4H3. The lowest BCUT2D eigenvalue weighted by atomic mass is 9.63. The highest BCUT2D eigenvalue weighted by Crippen LogP contribution is 2.52. The molecule has 7 aromatic carbocycles. The van der Waals surface area contributed by atoms with E-state index < -0.39 is 0 Å². The number of fused-ring (bicyclic) bond motifs is 14. The van der Waals surface area contributed by atoms with Crippen molar-refractivity contribution >= 4 is 85.9 Å². The van der Waals surface area contributed by atoms with Gasteiger partial charge in [-0.3, -0.25) is 0 Å². The van der Waals surface area contributed by atoms with Gasteiger partial charge in [0.2, 0.25) is 0 Å². The molecule has 0 N–H and O–H groups in total. The molecule has 3 heteroatoms. The molecule has 0 atom stereocenters. The van der Waals surface area contributed by atoms with Crippen molar-refractivity contribution in [2.75, 3.05) is 0 Å². The molecule has 11 rings (SSSR count). The molecule has 51 heavy (non-hydrogen) atoms. The Morgan fingerprint density at radius 1 is 0.451 bits per heavy atom. The van der Waals surface area contributed by atoms with Crippen molar-refractivity contribution in [2.45, 2.75) is 51.4 Å². The van der Waals surface area contributed by atoms with E-state index in [4.69, 9.17) is 0 Å². The molecule has 0 bridgehead atoms. The maximum atomic E-state index is 2.66. The van der Waals surface area contributed by atoms with Crippen molar-refractivity contribution in [3.63, 3.8) is 0 Å². The molecule has 0 spiro atoms. The second-order valence-corrected chi connectivity index (χ2v) is 17.0. The van der Waals surface area contributed by atoms with Gasteiger partial charge in [-0.25, -0.2) is 0 Å². The van der Waals surface area contributed by atoms with Crippen LogP contribution in [0.25, 0.3) is 85.9 Å². The van der Waals surface area contributed by atoms with Crippen molar-refractivity contribution in [1.29, 1.82) is 0 Å². The molecule has 0 amide bonds. The van der Waals surface area contributed by atoms with Gasteiger partial charge in [0.1, 0.15) is 0 Å². The Balaban J connectivity index is 1.49. The van der Waals surface area contributed by atoms with Crippen LogP contribution in [0.5, 0.6) is 0 Å². The predicted molar refractivity (Wildman–Crippen MR) is 221 cm³/mol. The van der Waals surface area contributed by atoms with Crippen LogP contribution in [0.2, 0.25) is 0 Å². The van der Waals surface area contributed by atoms with Gasteiger partial charge in [0.25, 0.3) is 0 Å². The maximum Gasteiger partial charge on any atom is 0.0795 e. The number of benzene rings is 7. The minimum atomic E-state index is 0.0811. The molecule has 1 aliphatic rings. The van der Waals surface area contributed by atoms with E-state index in [0.29, 0.717) is 0 Å². The summed E-state index contributed by atoms with van der Waals surface area (Å²) in [7, 11) is 0. The van der Waals surface area contributed by atoms with E-state index in [1.165, 1.54) is 110 Å². The first-order valence-electron chi connectivity index (χ1n) is 18.2.